The number of aryl methyl sites for hydroxylation is 1. The second-order valence-corrected chi connectivity index (χ2v) is 10.6. The van der Waals surface area contributed by atoms with E-state index >= 15 is 0 Å². The first-order valence-electron chi connectivity index (χ1n) is 14.1. The van der Waals surface area contributed by atoms with E-state index in [2.05, 4.69) is 16.0 Å². The summed E-state index contributed by atoms with van der Waals surface area (Å²) in [6, 6.07) is 15.5. The molecule has 1 unspecified atom stereocenters. The summed E-state index contributed by atoms with van der Waals surface area (Å²) in [7, 11) is 1.64. The minimum absolute atomic E-state index is 0.0527. The van der Waals surface area contributed by atoms with E-state index in [4.69, 9.17) is 4.74 Å². The van der Waals surface area contributed by atoms with Crippen LogP contribution in [0.25, 0.3) is 0 Å². The summed E-state index contributed by atoms with van der Waals surface area (Å²) in [5.74, 6) is 0.0932. The Labute approximate surface area is 232 Å². The lowest BCUT2D eigenvalue weighted by molar-refractivity contribution is -0.141. The summed E-state index contributed by atoms with van der Waals surface area (Å²) in [5, 5.41) is 9.32. The van der Waals surface area contributed by atoms with E-state index in [1.807, 2.05) is 75.4 Å². The highest BCUT2D eigenvalue weighted by Crippen LogP contribution is 2.21. The number of nitrogens with zero attached hydrogens (tertiary/aromatic N) is 1. The number of fused-ring (bicyclic) bond motifs is 1. The lowest BCUT2D eigenvalue weighted by Gasteiger charge is -2.33. The van der Waals surface area contributed by atoms with Crippen molar-refractivity contribution in [2.24, 2.45) is 5.92 Å². The van der Waals surface area contributed by atoms with Gasteiger partial charge >= 0.3 is 0 Å². The van der Waals surface area contributed by atoms with Crippen LogP contribution in [0.1, 0.15) is 51.7 Å². The molecule has 39 heavy (non-hydrogen) atoms. The number of likely N-dealkylation sites (N-methyl/N-ethyl adjacent to an activating group) is 1. The Morgan fingerprint density at radius 1 is 1.00 bits per heavy atom. The number of nitrogens with one attached hydrogen (secondary N) is 3. The summed E-state index contributed by atoms with van der Waals surface area (Å²) in [6.07, 6.45) is 2.45. The Balaban J connectivity index is 1.88. The first-order valence-corrected chi connectivity index (χ1v) is 14.1. The maximum Gasteiger partial charge on any atom is 0.243 e. The third-order valence-corrected chi connectivity index (χ3v) is 7.55. The molecule has 5 atom stereocenters. The van der Waals surface area contributed by atoms with Crippen molar-refractivity contribution in [1.82, 2.24) is 20.9 Å². The fourth-order valence-corrected chi connectivity index (χ4v) is 4.70. The maximum atomic E-state index is 13.6. The topological polar surface area (TPSA) is 99.8 Å². The van der Waals surface area contributed by atoms with Crippen LogP contribution in [-0.4, -0.2) is 67.0 Å². The third kappa shape index (κ3) is 8.55. The Bertz CT molecular complexity index is 1090. The van der Waals surface area contributed by atoms with Crippen LogP contribution in [0.4, 0.5) is 0 Å². The van der Waals surface area contributed by atoms with Gasteiger partial charge in [0.2, 0.25) is 17.7 Å². The van der Waals surface area contributed by atoms with Gasteiger partial charge in [-0.15, -0.1) is 0 Å². The van der Waals surface area contributed by atoms with E-state index < -0.39 is 18.1 Å². The van der Waals surface area contributed by atoms with Gasteiger partial charge in [-0.3, -0.25) is 14.4 Å². The third-order valence-electron chi connectivity index (χ3n) is 7.55. The highest BCUT2D eigenvalue weighted by atomic mass is 16.5. The summed E-state index contributed by atoms with van der Waals surface area (Å²) in [5.41, 5.74) is 2.01. The second-order valence-electron chi connectivity index (χ2n) is 10.6. The monoisotopic (exact) mass is 536 g/mol. The molecule has 0 spiro atoms. The van der Waals surface area contributed by atoms with E-state index in [-0.39, 0.29) is 29.7 Å². The van der Waals surface area contributed by atoms with Crippen molar-refractivity contribution in [3.8, 4) is 5.75 Å². The van der Waals surface area contributed by atoms with Crippen LogP contribution in [0.15, 0.2) is 54.6 Å². The lowest BCUT2D eigenvalue weighted by Crippen LogP contribution is -2.57. The Morgan fingerprint density at radius 2 is 1.69 bits per heavy atom. The zero-order valence-electron chi connectivity index (χ0n) is 23.9. The number of hydrogen-bond donors (Lipinski definition) is 3. The van der Waals surface area contributed by atoms with Gasteiger partial charge in [0.05, 0.1) is 6.04 Å². The molecule has 3 N–H and O–H groups in total. The molecule has 3 amide bonds. The van der Waals surface area contributed by atoms with E-state index in [1.54, 1.807) is 14.0 Å². The van der Waals surface area contributed by atoms with Crippen molar-refractivity contribution < 1.29 is 19.1 Å². The van der Waals surface area contributed by atoms with Crippen molar-refractivity contribution in [2.45, 2.75) is 77.6 Å². The summed E-state index contributed by atoms with van der Waals surface area (Å²) in [6.45, 7) is 8.70. The van der Waals surface area contributed by atoms with Gasteiger partial charge in [-0.2, -0.15) is 0 Å². The predicted molar refractivity (Wildman–Crippen MR) is 153 cm³/mol. The van der Waals surface area contributed by atoms with E-state index in [1.165, 1.54) is 4.90 Å². The Kier molecular flexibility index (Phi) is 11.3. The van der Waals surface area contributed by atoms with Crippen LogP contribution < -0.4 is 20.7 Å². The first kappa shape index (κ1) is 30.2. The number of rotatable bonds is 4. The van der Waals surface area contributed by atoms with Gasteiger partial charge < -0.3 is 25.6 Å². The van der Waals surface area contributed by atoms with Crippen molar-refractivity contribution >= 4 is 17.7 Å². The van der Waals surface area contributed by atoms with Gasteiger partial charge in [0, 0.05) is 26.6 Å². The average Bonchev–Trinajstić information content (AvgIpc) is 2.94. The molecule has 8 nitrogen and oxygen atoms in total. The van der Waals surface area contributed by atoms with Gasteiger partial charge in [0.25, 0.3) is 0 Å². The fourth-order valence-electron chi connectivity index (χ4n) is 4.70. The van der Waals surface area contributed by atoms with Crippen LogP contribution in [0, 0.1) is 5.92 Å². The zero-order chi connectivity index (χ0) is 28.4. The highest BCUT2D eigenvalue weighted by Gasteiger charge is 2.33. The Hall–Kier alpha value is -3.39. The molecule has 2 aromatic carbocycles. The smallest absolute Gasteiger partial charge is 0.243 e. The molecule has 0 aromatic heterocycles. The van der Waals surface area contributed by atoms with Crippen LogP contribution in [0.2, 0.25) is 0 Å². The molecule has 8 heteroatoms. The molecular weight excluding hydrogens is 492 g/mol. The number of carbonyl (C=O) groups excluding carboxylic acids is 3. The molecule has 0 aliphatic carbocycles. The minimum Gasteiger partial charge on any atom is -0.489 e. The number of carbonyl (C=O) groups is 3. The van der Waals surface area contributed by atoms with Gasteiger partial charge in [-0.05, 0) is 49.8 Å². The van der Waals surface area contributed by atoms with Crippen LogP contribution in [0.5, 0.6) is 5.75 Å². The second kappa shape index (κ2) is 14.7. The molecule has 0 saturated heterocycles. The quantitative estimate of drug-likeness (QED) is 0.558. The number of para-hydroxylation sites is 1. The van der Waals surface area contributed by atoms with Crippen LogP contribution in [-0.2, 0) is 27.2 Å². The van der Waals surface area contributed by atoms with Gasteiger partial charge in [-0.25, -0.2) is 0 Å². The molecule has 1 aliphatic heterocycles. The minimum atomic E-state index is -0.760. The summed E-state index contributed by atoms with van der Waals surface area (Å²) in [4.78, 5) is 41.6. The predicted octanol–water partition coefficient (Wildman–Crippen LogP) is 3.10. The lowest BCUT2D eigenvalue weighted by atomic mass is 9.97. The van der Waals surface area contributed by atoms with E-state index in [0.717, 1.165) is 36.1 Å². The van der Waals surface area contributed by atoms with Crippen molar-refractivity contribution in [3.63, 3.8) is 0 Å². The van der Waals surface area contributed by atoms with Crippen molar-refractivity contribution in [1.29, 1.82) is 0 Å². The molecule has 212 valence electrons. The SMILES string of the molecule is CCC(C)[C@@H]1NC[C@H](C)Oc2ccccc2CCCNC(=O)[C@@H](Cc2ccccc2)NC(=O)[C@@H](C)N(C)C1=O. The number of ether oxygens (including phenoxy) is 1. The molecule has 0 bridgehead atoms. The summed E-state index contributed by atoms with van der Waals surface area (Å²) < 4.78 is 6.27. The highest BCUT2D eigenvalue weighted by molar-refractivity contribution is 5.93. The van der Waals surface area contributed by atoms with Crippen LogP contribution in [0.3, 0.4) is 0 Å². The molecule has 0 fully saturated rings. The number of amides is 3. The van der Waals surface area contributed by atoms with E-state index in [0.29, 0.717) is 19.5 Å². The number of hydrogen-bond acceptors (Lipinski definition) is 5. The summed E-state index contributed by atoms with van der Waals surface area (Å²) >= 11 is 0. The van der Waals surface area contributed by atoms with Gasteiger partial charge in [0.1, 0.15) is 23.9 Å². The van der Waals surface area contributed by atoms with Crippen molar-refractivity contribution in [3.05, 3.63) is 65.7 Å². The van der Waals surface area contributed by atoms with Crippen molar-refractivity contribution in [2.75, 3.05) is 20.1 Å². The molecule has 3 rings (SSSR count). The average molecular weight is 537 g/mol. The maximum absolute atomic E-state index is 13.6. The number of benzene rings is 2. The normalized spacial score (nSPS) is 24.8. The first-order chi connectivity index (χ1) is 18.7. The standard InChI is InChI=1S/C31H44N4O4/c1-6-21(2)28-31(38)35(5)23(4)29(36)34-26(19-24-13-8-7-9-14-24)30(37)32-18-12-16-25-15-10-11-17-27(25)39-22(3)20-33-28/h7-11,13-15,17,21-23,26,28,33H,6,12,16,18-20H2,1-5H3,(H,32,37)(H,34,36)/t21?,22-,23+,26+,28-/m0/s1. The molecule has 2 aromatic rings. The molecule has 1 aliphatic rings. The van der Waals surface area contributed by atoms with Gasteiger partial charge in [-0.1, -0.05) is 68.8 Å². The van der Waals surface area contributed by atoms with Gasteiger partial charge in [0.15, 0.2) is 0 Å². The van der Waals surface area contributed by atoms with Crippen LogP contribution >= 0.6 is 0 Å². The molecular formula is C31H44N4O4. The van der Waals surface area contributed by atoms with E-state index in [9.17, 15) is 14.4 Å². The molecule has 0 saturated carbocycles. The molecule has 0 radical (unpaired) electrons. The zero-order valence-corrected chi connectivity index (χ0v) is 23.9. The largest absolute Gasteiger partial charge is 0.489 e. The fraction of sp³-hybridized carbons (Fsp3) is 0.516. The Morgan fingerprint density at radius 3 is 2.41 bits per heavy atom. The molecule has 1 heterocycles.